The number of imide groups is 2. The summed E-state index contributed by atoms with van der Waals surface area (Å²) in [6.45, 7) is 3.96. The normalized spacial score (nSPS) is 14.2. The van der Waals surface area contributed by atoms with E-state index in [1.54, 1.807) is 85.8 Å². The second kappa shape index (κ2) is 23.2. The summed E-state index contributed by atoms with van der Waals surface area (Å²) in [6.07, 6.45) is 0.0810. The Hall–Kier alpha value is -8.10. The zero-order valence-electron chi connectivity index (χ0n) is 38.8. The van der Waals surface area contributed by atoms with Gasteiger partial charge in [0.1, 0.15) is 47.8 Å². The Morgan fingerprint density at radius 2 is 1.42 bits per heavy atom. The van der Waals surface area contributed by atoms with Crippen LogP contribution in [0, 0.1) is 0 Å². The van der Waals surface area contributed by atoms with Crippen molar-refractivity contribution < 1.29 is 61.6 Å². The van der Waals surface area contributed by atoms with E-state index in [-0.39, 0.29) is 114 Å². The van der Waals surface area contributed by atoms with E-state index in [1.165, 1.54) is 18.2 Å². The van der Waals surface area contributed by atoms with Crippen molar-refractivity contribution in [3.63, 3.8) is 0 Å². The Kier molecular flexibility index (Phi) is 16.2. The number of hydrogen-bond acceptors (Lipinski definition) is 14. The van der Waals surface area contributed by atoms with Crippen molar-refractivity contribution >= 4 is 69.5 Å². The predicted octanol–water partition coefficient (Wildman–Crippen LogP) is 6.83. The molecule has 1 fully saturated rings. The average molecular weight is 1000 g/mol. The lowest BCUT2D eigenvalue weighted by Gasteiger charge is -2.27. The number of rotatable bonds is 22. The van der Waals surface area contributed by atoms with Gasteiger partial charge in [-0.25, -0.2) is 4.79 Å². The molecule has 0 aliphatic carbocycles. The van der Waals surface area contributed by atoms with Crippen LogP contribution in [-0.2, 0) is 23.8 Å². The molecule has 1 aromatic heterocycles. The lowest BCUT2D eigenvalue weighted by atomic mass is 9.98. The molecule has 0 radical (unpaired) electrons. The van der Waals surface area contributed by atoms with Crippen LogP contribution in [0.25, 0.3) is 33.4 Å². The zero-order chi connectivity index (χ0) is 50.7. The lowest BCUT2D eigenvalue weighted by molar-refractivity contribution is -0.136. The van der Waals surface area contributed by atoms with Gasteiger partial charge in [0.2, 0.25) is 17.7 Å². The fourth-order valence-corrected chi connectivity index (χ4v) is 8.25. The molecule has 20 heteroatoms. The van der Waals surface area contributed by atoms with Crippen LogP contribution < -0.4 is 41.3 Å². The molecule has 2 aliphatic rings. The molecule has 2 aliphatic heterocycles. The largest absolute Gasteiger partial charge is 0.493 e. The molecular weight excluding hydrogens is 954 g/mol. The molecule has 8 rings (SSSR count). The van der Waals surface area contributed by atoms with E-state index in [2.05, 4.69) is 16.0 Å². The Bertz CT molecular complexity index is 3110. The van der Waals surface area contributed by atoms with Gasteiger partial charge in [-0.15, -0.1) is 0 Å². The number of nitrogens with one attached hydrogen (secondary N) is 3. The van der Waals surface area contributed by atoms with Crippen LogP contribution in [0.15, 0.2) is 112 Å². The van der Waals surface area contributed by atoms with E-state index in [0.29, 0.717) is 47.1 Å². The third-order valence-electron chi connectivity index (χ3n) is 11.3. The summed E-state index contributed by atoms with van der Waals surface area (Å²) >= 11 is 6.69. The standard InChI is InChI=1S/C52H48ClN5O14/c1-2-69-43-29-45-38(27-37(43)30-23-31(48(54)61)25-33(24-30)56-52(65)55-32-7-4-3-5-8-32)41(59)28-44(72-45)35-12-11-34(26-39(35)53)70-21-19-67-17-15-66-16-18-68-20-22-71-42-10-6-9-36-47(42)51(64)58(50(36)63)40-13-14-46(60)57-49(40)62/h3-12,23-29,40H,2,13-22H2,1H3,(H2,54,61)(H2,55,56,65)(H,57,60,62). The highest BCUT2D eigenvalue weighted by Gasteiger charge is 2.46. The van der Waals surface area contributed by atoms with Gasteiger partial charge >= 0.3 is 6.03 Å². The Morgan fingerprint density at radius 1 is 0.708 bits per heavy atom. The first-order valence-electron chi connectivity index (χ1n) is 22.8. The first kappa shape index (κ1) is 50.3. The Morgan fingerprint density at radius 3 is 2.11 bits per heavy atom. The molecule has 5 aromatic carbocycles. The number of amides is 7. The molecule has 1 unspecified atom stereocenters. The highest BCUT2D eigenvalue weighted by atomic mass is 35.5. The van der Waals surface area contributed by atoms with Crippen molar-refractivity contribution in [1.29, 1.82) is 0 Å². The van der Waals surface area contributed by atoms with Gasteiger partial charge in [0.15, 0.2) is 5.43 Å². The average Bonchev–Trinajstić information content (AvgIpc) is 3.61. The van der Waals surface area contributed by atoms with Gasteiger partial charge < -0.3 is 49.2 Å². The van der Waals surface area contributed by atoms with E-state index in [0.717, 1.165) is 4.90 Å². The van der Waals surface area contributed by atoms with Crippen molar-refractivity contribution in [2.45, 2.75) is 25.8 Å². The topological polar surface area (TPSA) is 253 Å². The highest BCUT2D eigenvalue weighted by Crippen LogP contribution is 2.39. The van der Waals surface area contributed by atoms with Crippen LogP contribution in [0.2, 0.25) is 5.02 Å². The number of nitrogens with zero attached hydrogens (tertiary/aromatic N) is 1. The molecule has 5 N–H and O–H groups in total. The number of benzene rings is 5. The van der Waals surface area contributed by atoms with Gasteiger partial charge in [0.25, 0.3) is 11.8 Å². The molecule has 0 bridgehead atoms. The van der Waals surface area contributed by atoms with E-state index < -0.39 is 41.6 Å². The zero-order valence-corrected chi connectivity index (χ0v) is 39.5. The van der Waals surface area contributed by atoms with E-state index in [1.807, 2.05) is 6.07 Å². The van der Waals surface area contributed by atoms with Crippen LogP contribution in [0.1, 0.15) is 50.8 Å². The van der Waals surface area contributed by atoms with Crippen LogP contribution in [0.4, 0.5) is 16.2 Å². The monoisotopic (exact) mass is 1000 g/mol. The number of carbonyl (C=O) groups is 6. The second-order valence-electron chi connectivity index (χ2n) is 16.2. The number of piperidine rings is 1. The molecule has 72 heavy (non-hydrogen) atoms. The summed E-state index contributed by atoms with van der Waals surface area (Å²) in [6, 6.07) is 26.0. The molecule has 0 spiro atoms. The number of carbonyl (C=O) groups excluding carboxylic acids is 6. The summed E-state index contributed by atoms with van der Waals surface area (Å²) in [5.41, 5.74) is 8.05. The molecule has 1 atom stereocenters. The van der Waals surface area contributed by atoms with Crippen molar-refractivity contribution in [1.82, 2.24) is 10.2 Å². The van der Waals surface area contributed by atoms with Crippen molar-refractivity contribution in [2.75, 3.05) is 70.1 Å². The van der Waals surface area contributed by atoms with E-state index in [9.17, 15) is 33.6 Å². The molecule has 6 aromatic rings. The molecular formula is C52H48ClN5O14. The van der Waals surface area contributed by atoms with Crippen LogP contribution in [0.3, 0.4) is 0 Å². The summed E-state index contributed by atoms with van der Waals surface area (Å²) in [7, 11) is 0. The lowest BCUT2D eigenvalue weighted by Crippen LogP contribution is -2.54. The van der Waals surface area contributed by atoms with E-state index >= 15 is 0 Å². The first-order chi connectivity index (χ1) is 34.9. The fraction of sp³-hybridized carbons (Fsp3) is 0.250. The number of urea groups is 1. The summed E-state index contributed by atoms with van der Waals surface area (Å²) in [5.74, 6) is -1.91. The highest BCUT2D eigenvalue weighted by molar-refractivity contribution is 6.33. The summed E-state index contributed by atoms with van der Waals surface area (Å²) in [5, 5.41) is 8.15. The van der Waals surface area contributed by atoms with Crippen LogP contribution in [-0.4, -0.2) is 106 Å². The van der Waals surface area contributed by atoms with Gasteiger partial charge in [0, 0.05) is 46.6 Å². The fourth-order valence-electron chi connectivity index (χ4n) is 7.99. The molecule has 1 saturated heterocycles. The van der Waals surface area contributed by atoms with Gasteiger partial charge in [-0.1, -0.05) is 35.9 Å². The molecule has 3 heterocycles. The van der Waals surface area contributed by atoms with Crippen molar-refractivity contribution in [2.24, 2.45) is 5.73 Å². The quantitative estimate of drug-likeness (QED) is 0.0402. The minimum atomic E-state index is -1.07. The van der Waals surface area contributed by atoms with Gasteiger partial charge in [0.05, 0.1) is 67.8 Å². The van der Waals surface area contributed by atoms with Crippen molar-refractivity contribution in [3.8, 4) is 39.7 Å². The minimum absolute atomic E-state index is 0.0248. The number of hydrogen-bond donors (Lipinski definition) is 4. The Balaban J connectivity index is 0.776. The smallest absolute Gasteiger partial charge is 0.323 e. The third kappa shape index (κ3) is 11.9. The number of fused-ring (bicyclic) bond motifs is 2. The predicted molar refractivity (Wildman–Crippen MR) is 264 cm³/mol. The van der Waals surface area contributed by atoms with Crippen LogP contribution >= 0.6 is 11.6 Å². The maximum atomic E-state index is 13.7. The maximum Gasteiger partial charge on any atom is 0.323 e. The maximum absolute atomic E-state index is 13.7. The number of ether oxygens (including phenoxy) is 6. The molecule has 372 valence electrons. The van der Waals surface area contributed by atoms with Gasteiger partial charge in [-0.05, 0) is 85.6 Å². The number of anilines is 2. The second-order valence-corrected chi connectivity index (χ2v) is 16.6. The summed E-state index contributed by atoms with van der Waals surface area (Å²) < 4.78 is 40.6. The van der Waals surface area contributed by atoms with Crippen LogP contribution in [0.5, 0.6) is 17.2 Å². The third-order valence-corrected chi connectivity index (χ3v) is 11.6. The number of primary amides is 1. The van der Waals surface area contributed by atoms with Gasteiger partial charge in [-0.2, -0.15) is 0 Å². The molecule has 19 nitrogen and oxygen atoms in total. The Labute approximate surface area is 416 Å². The molecule has 7 amide bonds. The number of nitrogens with two attached hydrogens (primary N) is 1. The molecule has 0 saturated carbocycles. The van der Waals surface area contributed by atoms with E-state index in [4.69, 9.17) is 50.2 Å². The minimum Gasteiger partial charge on any atom is -0.493 e. The summed E-state index contributed by atoms with van der Waals surface area (Å²) in [4.78, 5) is 90.0. The number of para-hydroxylation sites is 1. The SMILES string of the molecule is CCOc1cc2oc(-c3ccc(OCCOCCOCCOCCOc4cccc5c4C(=O)N(C4CCC(=O)NC4=O)C5=O)cc3Cl)cc(=O)c2cc1-c1cc(NC(=O)Nc2ccccc2)cc(C(N)=O)c1. The first-order valence-corrected chi connectivity index (χ1v) is 23.2. The van der Waals surface area contributed by atoms with Crippen molar-refractivity contribution in [3.05, 3.63) is 135 Å². The van der Waals surface area contributed by atoms with Gasteiger partial charge in [-0.3, -0.25) is 39.0 Å². The number of halogens is 1.